The van der Waals surface area contributed by atoms with Crippen LogP contribution in [0.5, 0.6) is 0 Å². The molecule has 1 saturated heterocycles. The standard InChI is InChI=1S/C8H17NOS/c1-10-5-2-4-9-8-3-6-11-7-8/h8-9H,2-7H2,1H3/p+1/t8-/m1/s1. The fourth-order valence-corrected chi connectivity index (χ4v) is 2.56. The van der Waals surface area contributed by atoms with Crippen molar-refractivity contribution >= 4 is 11.8 Å². The van der Waals surface area contributed by atoms with Gasteiger partial charge in [0.05, 0.1) is 19.2 Å². The first kappa shape index (κ1) is 9.36. The Kier molecular flexibility index (Phi) is 4.99. The van der Waals surface area contributed by atoms with Crippen LogP contribution < -0.4 is 5.32 Å². The molecule has 0 aromatic carbocycles. The van der Waals surface area contributed by atoms with Crippen molar-refractivity contribution in [3.05, 3.63) is 0 Å². The molecule has 0 bridgehead atoms. The van der Waals surface area contributed by atoms with Crippen molar-refractivity contribution in [2.24, 2.45) is 0 Å². The zero-order valence-corrected chi connectivity index (χ0v) is 8.03. The number of methoxy groups -OCH3 is 1. The molecule has 2 N–H and O–H groups in total. The van der Waals surface area contributed by atoms with Gasteiger partial charge in [-0.2, -0.15) is 11.8 Å². The van der Waals surface area contributed by atoms with Crippen molar-refractivity contribution in [3.63, 3.8) is 0 Å². The van der Waals surface area contributed by atoms with Gasteiger partial charge >= 0.3 is 0 Å². The molecule has 3 heteroatoms. The van der Waals surface area contributed by atoms with Crippen molar-refractivity contribution < 1.29 is 10.1 Å². The Hall–Kier alpha value is 0.270. The summed E-state index contributed by atoms with van der Waals surface area (Å²) in [6, 6.07) is 0.900. The third-order valence-corrected chi connectivity index (χ3v) is 3.21. The fourth-order valence-electron chi connectivity index (χ4n) is 1.32. The first-order valence-electron chi connectivity index (χ1n) is 4.33. The number of hydrogen-bond acceptors (Lipinski definition) is 2. The van der Waals surface area contributed by atoms with Crippen LogP contribution in [-0.2, 0) is 4.74 Å². The molecular formula is C8H18NOS+. The molecule has 1 rings (SSSR count). The minimum absolute atomic E-state index is 0.900. The highest BCUT2D eigenvalue weighted by atomic mass is 32.2. The van der Waals surface area contributed by atoms with E-state index in [0.29, 0.717) is 0 Å². The van der Waals surface area contributed by atoms with Gasteiger partial charge in [-0.05, 0) is 5.75 Å². The molecule has 0 amide bonds. The lowest BCUT2D eigenvalue weighted by atomic mass is 10.2. The number of rotatable bonds is 5. The van der Waals surface area contributed by atoms with Gasteiger partial charge in [-0.15, -0.1) is 0 Å². The molecule has 1 atom stereocenters. The van der Waals surface area contributed by atoms with E-state index in [-0.39, 0.29) is 0 Å². The van der Waals surface area contributed by atoms with Gasteiger partial charge in [-0.1, -0.05) is 0 Å². The SMILES string of the molecule is COCCC[NH2+][C@@H]1CCSC1. The lowest BCUT2D eigenvalue weighted by Crippen LogP contribution is -2.90. The van der Waals surface area contributed by atoms with E-state index in [9.17, 15) is 0 Å². The predicted octanol–water partition coefficient (Wildman–Crippen LogP) is 0.0918. The summed E-state index contributed by atoms with van der Waals surface area (Å²) in [7, 11) is 1.77. The number of ether oxygens (including phenoxy) is 1. The zero-order chi connectivity index (χ0) is 7.94. The Labute approximate surface area is 73.1 Å². The molecule has 0 saturated carbocycles. The first-order valence-corrected chi connectivity index (χ1v) is 5.49. The van der Waals surface area contributed by atoms with E-state index < -0.39 is 0 Å². The summed E-state index contributed by atoms with van der Waals surface area (Å²) < 4.78 is 4.98. The lowest BCUT2D eigenvalue weighted by molar-refractivity contribution is -0.684. The molecule has 66 valence electrons. The normalized spacial score (nSPS) is 24.3. The van der Waals surface area contributed by atoms with Crippen molar-refractivity contribution in [3.8, 4) is 0 Å². The molecule has 0 radical (unpaired) electrons. The average Bonchev–Trinajstić information content (AvgIpc) is 2.50. The van der Waals surface area contributed by atoms with Gasteiger partial charge in [0.25, 0.3) is 0 Å². The Balaban J connectivity index is 1.86. The smallest absolute Gasteiger partial charge is 0.0958 e. The predicted molar refractivity (Wildman–Crippen MR) is 49.0 cm³/mol. The number of thioether (sulfide) groups is 1. The van der Waals surface area contributed by atoms with Gasteiger partial charge in [-0.25, -0.2) is 0 Å². The number of nitrogens with two attached hydrogens (primary N) is 1. The zero-order valence-electron chi connectivity index (χ0n) is 7.21. The quantitative estimate of drug-likeness (QED) is 0.601. The van der Waals surface area contributed by atoms with Crippen LogP contribution in [0.1, 0.15) is 12.8 Å². The summed E-state index contributed by atoms with van der Waals surface area (Å²) in [6.45, 7) is 2.15. The van der Waals surface area contributed by atoms with Crippen LogP contribution in [0.15, 0.2) is 0 Å². The largest absolute Gasteiger partial charge is 0.384 e. The number of quaternary nitrogens is 1. The summed E-state index contributed by atoms with van der Waals surface area (Å²) >= 11 is 2.08. The van der Waals surface area contributed by atoms with E-state index in [0.717, 1.165) is 12.6 Å². The van der Waals surface area contributed by atoms with Gasteiger partial charge in [0, 0.05) is 25.7 Å². The molecule has 0 aliphatic carbocycles. The first-order chi connectivity index (χ1) is 5.43. The van der Waals surface area contributed by atoms with Gasteiger partial charge in [0.1, 0.15) is 0 Å². The molecule has 0 unspecified atom stereocenters. The van der Waals surface area contributed by atoms with E-state index in [2.05, 4.69) is 17.1 Å². The molecular weight excluding hydrogens is 158 g/mol. The average molecular weight is 176 g/mol. The van der Waals surface area contributed by atoms with Crippen LogP contribution in [0, 0.1) is 0 Å². The van der Waals surface area contributed by atoms with E-state index in [1.54, 1.807) is 7.11 Å². The van der Waals surface area contributed by atoms with Crippen LogP contribution in [0.2, 0.25) is 0 Å². The van der Waals surface area contributed by atoms with E-state index in [1.165, 1.54) is 30.9 Å². The van der Waals surface area contributed by atoms with Gasteiger partial charge in [-0.3, -0.25) is 0 Å². The molecule has 1 aliphatic heterocycles. The maximum Gasteiger partial charge on any atom is 0.0958 e. The van der Waals surface area contributed by atoms with Crippen molar-refractivity contribution in [1.29, 1.82) is 0 Å². The van der Waals surface area contributed by atoms with E-state index >= 15 is 0 Å². The topological polar surface area (TPSA) is 25.8 Å². The van der Waals surface area contributed by atoms with Crippen molar-refractivity contribution in [2.75, 3.05) is 31.8 Å². The molecule has 2 nitrogen and oxygen atoms in total. The van der Waals surface area contributed by atoms with Crippen LogP contribution in [0.3, 0.4) is 0 Å². The van der Waals surface area contributed by atoms with E-state index in [4.69, 9.17) is 4.74 Å². The van der Waals surface area contributed by atoms with Gasteiger partial charge in [0.15, 0.2) is 0 Å². The van der Waals surface area contributed by atoms with Crippen molar-refractivity contribution in [1.82, 2.24) is 0 Å². The molecule has 11 heavy (non-hydrogen) atoms. The second-order valence-corrected chi connectivity index (χ2v) is 4.14. The van der Waals surface area contributed by atoms with Gasteiger partial charge in [0.2, 0.25) is 0 Å². The number of hydrogen-bond donors (Lipinski definition) is 1. The van der Waals surface area contributed by atoms with Crippen LogP contribution in [-0.4, -0.2) is 37.8 Å². The lowest BCUT2D eigenvalue weighted by Gasteiger charge is -2.06. The maximum absolute atomic E-state index is 4.98. The Morgan fingerprint density at radius 3 is 3.18 bits per heavy atom. The Morgan fingerprint density at radius 2 is 2.55 bits per heavy atom. The summed E-state index contributed by atoms with van der Waals surface area (Å²) in [5.74, 6) is 2.72. The summed E-state index contributed by atoms with van der Waals surface area (Å²) in [5, 5.41) is 2.47. The summed E-state index contributed by atoms with van der Waals surface area (Å²) in [6.07, 6.45) is 2.59. The maximum atomic E-state index is 4.98. The monoisotopic (exact) mass is 176 g/mol. The van der Waals surface area contributed by atoms with Crippen molar-refractivity contribution in [2.45, 2.75) is 18.9 Å². The molecule has 1 fully saturated rings. The second kappa shape index (κ2) is 5.86. The minimum Gasteiger partial charge on any atom is -0.384 e. The molecule has 0 spiro atoms. The highest BCUT2D eigenvalue weighted by Crippen LogP contribution is 2.13. The molecule has 1 aliphatic rings. The Bertz CT molecular complexity index is 94.1. The Morgan fingerprint density at radius 1 is 1.64 bits per heavy atom. The summed E-state index contributed by atoms with van der Waals surface area (Å²) in [5.41, 5.74) is 0. The second-order valence-electron chi connectivity index (χ2n) is 2.99. The molecule has 0 aromatic heterocycles. The third kappa shape index (κ3) is 3.99. The fraction of sp³-hybridized carbons (Fsp3) is 1.00. The highest BCUT2D eigenvalue weighted by Gasteiger charge is 2.17. The molecule has 1 heterocycles. The molecule has 0 aromatic rings. The van der Waals surface area contributed by atoms with Crippen LogP contribution >= 0.6 is 11.8 Å². The van der Waals surface area contributed by atoms with Gasteiger partial charge < -0.3 is 10.1 Å². The van der Waals surface area contributed by atoms with Crippen LogP contribution in [0.25, 0.3) is 0 Å². The third-order valence-electron chi connectivity index (χ3n) is 2.02. The van der Waals surface area contributed by atoms with Crippen LogP contribution in [0.4, 0.5) is 0 Å². The minimum atomic E-state index is 0.900. The summed E-state index contributed by atoms with van der Waals surface area (Å²) in [4.78, 5) is 0. The highest BCUT2D eigenvalue weighted by molar-refractivity contribution is 7.99. The van der Waals surface area contributed by atoms with E-state index in [1.807, 2.05) is 0 Å².